The number of hydrogen-bond acceptors (Lipinski definition) is 3. The normalized spacial score (nSPS) is 10.5. The van der Waals surface area contributed by atoms with Gasteiger partial charge < -0.3 is 15.4 Å². The van der Waals surface area contributed by atoms with E-state index >= 15 is 0 Å². The molecule has 0 heterocycles. The van der Waals surface area contributed by atoms with E-state index in [0.717, 1.165) is 21.3 Å². The number of carbonyl (C=O) groups is 1. The minimum atomic E-state index is -0.235. The van der Waals surface area contributed by atoms with Gasteiger partial charge in [0.1, 0.15) is 5.75 Å². The lowest BCUT2D eigenvalue weighted by atomic mass is 10.1. The Labute approximate surface area is 184 Å². The van der Waals surface area contributed by atoms with E-state index in [0.29, 0.717) is 23.0 Å². The average Bonchev–Trinajstić information content (AvgIpc) is 2.69. The molecule has 0 aliphatic heterocycles. The average molecular weight is 474 g/mol. The van der Waals surface area contributed by atoms with Crippen LogP contribution in [0.5, 0.6) is 5.75 Å². The zero-order chi connectivity index (χ0) is 20.8. The van der Waals surface area contributed by atoms with Gasteiger partial charge in [-0.1, -0.05) is 45.7 Å². The summed E-state index contributed by atoms with van der Waals surface area (Å²) in [7, 11) is 0. The summed E-state index contributed by atoms with van der Waals surface area (Å²) in [5.74, 6) is 0.409. The Hall–Kier alpha value is -2.50. The maximum atomic E-state index is 12.1. The number of anilines is 2. The molecule has 3 aromatic rings. The zero-order valence-corrected chi connectivity index (χ0v) is 18.6. The summed E-state index contributed by atoms with van der Waals surface area (Å²) in [4.78, 5) is 12.1. The summed E-state index contributed by atoms with van der Waals surface area (Å²) in [6, 6.07) is 19.2. The third-order valence-electron chi connectivity index (χ3n) is 4.42. The van der Waals surface area contributed by atoms with E-state index in [2.05, 4.69) is 45.6 Å². The molecule has 6 heteroatoms. The smallest absolute Gasteiger partial charge is 0.262 e. The lowest BCUT2D eigenvalue weighted by Gasteiger charge is -2.11. The van der Waals surface area contributed by atoms with E-state index < -0.39 is 0 Å². The molecule has 0 radical (unpaired) electrons. The van der Waals surface area contributed by atoms with E-state index in [9.17, 15) is 4.79 Å². The first kappa shape index (κ1) is 21.2. The molecule has 0 fully saturated rings. The Morgan fingerprint density at radius 2 is 1.76 bits per heavy atom. The third kappa shape index (κ3) is 6.24. The second kappa shape index (κ2) is 9.81. The third-order valence-corrected chi connectivity index (χ3v) is 5.32. The molecule has 150 valence electrons. The van der Waals surface area contributed by atoms with Gasteiger partial charge in [-0.2, -0.15) is 0 Å². The lowest BCUT2D eigenvalue weighted by Crippen LogP contribution is -2.20. The molecule has 0 aromatic heterocycles. The summed E-state index contributed by atoms with van der Waals surface area (Å²) in [6.07, 6.45) is 0. The maximum Gasteiger partial charge on any atom is 0.262 e. The highest BCUT2D eigenvalue weighted by Crippen LogP contribution is 2.22. The molecule has 0 bridgehead atoms. The molecule has 1 amide bonds. The molecule has 3 rings (SSSR count). The summed E-state index contributed by atoms with van der Waals surface area (Å²) < 4.78 is 6.64. The van der Waals surface area contributed by atoms with E-state index in [1.165, 1.54) is 5.56 Å². The topological polar surface area (TPSA) is 50.4 Å². The highest BCUT2D eigenvalue weighted by molar-refractivity contribution is 9.10. The molecule has 0 unspecified atom stereocenters. The van der Waals surface area contributed by atoms with Gasteiger partial charge >= 0.3 is 0 Å². The summed E-state index contributed by atoms with van der Waals surface area (Å²) >= 11 is 9.55. The second-order valence-corrected chi connectivity index (χ2v) is 8.08. The van der Waals surface area contributed by atoms with Crippen LogP contribution in [-0.2, 0) is 11.3 Å². The number of amides is 1. The van der Waals surface area contributed by atoms with Crippen molar-refractivity contribution in [3.05, 3.63) is 86.8 Å². The van der Waals surface area contributed by atoms with Gasteiger partial charge in [-0.3, -0.25) is 4.79 Å². The number of ether oxygens (including phenoxy) is 1. The number of benzene rings is 3. The maximum absolute atomic E-state index is 12.1. The molecule has 3 aromatic carbocycles. The molecule has 0 atom stereocenters. The quantitative estimate of drug-likeness (QED) is 0.420. The first-order valence-electron chi connectivity index (χ1n) is 9.18. The van der Waals surface area contributed by atoms with Crippen molar-refractivity contribution in [3.63, 3.8) is 0 Å². The molecule has 0 aliphatic rings. The zero-order valence-electron chi connectivity index (χ0n) is 16.3. The van der Waals surface area contributed by atoms with Crippen LogP contribution in [-0.4, -0.2) is 12.5 Å². The molecule has 0 saturated heterocycles. The summed E-state index contributed by atoms with van der Waals surface area (Å²) in [5, 5.41) is 6.82. The van der Waals surface area contributed by atoms with Gasteiger partial charge in [-0.15, -0.1) is 0 Å². The standard InChI is InChI=1S/C23H22BrClN2O2/c1-15-3-7-19(12-21(15)25)27-23(28)14-29-20-8-4-17(5-9-20)13-26-22-10-6-18(24)11-16(22)2/h3-12,26H,13-14H2,1-2H3,(H,27,28). The number of rotatable bonds is 7. The van der Waals surface area contributed by atoms with Crippen LogP contribution in [0.4, 0.5) is 11.4 Å². The van der Waals surface area contributed by atoms with Gasteiger partial charge in [0.2, 0.25) is 0 Å². The fourth-order valence-corrected chi connectivity index (χ4v) is 3.40. The van der Waals surface area contributed by atoms with Crippen molar-refractivity contribution >= 4 is 44.8 Å². The van der Waals surface area contributed by atoms with E-state index in [4.69, 9.17) is 16.3 Å². The van der Waals surface area contributed by atoms with E-state index in [1.807, 2.05) is 49.4 Å². The second-order valence-electron chi connectivity index (χ2n) is 6.76. The van der Waals surface area contributed by atoms with E-state index in [1.54, 1.807) is 6.07 Å². The Bertz CT molecular complexity index is 1010. The molecule has 0 saturated carbocycles. The lowest BCUT2D eigenvalue weighted by molar-refractivity contribution is -0.118. The van der Waals surface area contributed by atoms with Gasteiger partial charge in [0.25, 0.3) is 5.91 Å². The first-order valence-corrected chi connectivity index (χ1v) is 10.4. The Morgan fingerprint density at radius 1 is 1.00 bits per heavy atom. The number of nitrogens with one attached hydrogen (secondary N) is 2. The minimum Gasteiger partial charge on any atom is -0.484 e. The molecule has 0 spiro atoms. The van der Waals surface area contributed by atoms with Crippen molar-refractivity contribution in [3.8, 4) is 5.75 Å². The number of carbonyl (C=O) groups excluding carboxylic acids is 1. The fourth-order valence-electron chi connectivity index (χ4n) is 2.74. The van der Waals surface area contributed by atoms with Crippen molar-refractivity contribution in [1.82, 2.24) is 0 Å². The van der Waals surface area contributed by atoms with E-state index in [-0.39, 0.29) is 12.5 Å². The Kier molecular flexibility index (Phi) is 7.18. The summed E-state index contributed by atoms with van der Waals surface area (Å²) in [6.45, 7) is 4.62. The van der Waals surface area contributed by atoms with Crippen LogP contribution in [0.3, 0.4) is 0 Å². The molecular formula is C23H22BrClN2O2. The van der Waals surface area contributed by atoms with Crippen molar-refractivity contribution in [1.29, 1.82) is 0 Å². The van der Waals surface area contributed by atoms with Gasteiger partial charge in [0, 0.05) is 27.4 Å². The molecule has 2 N–H and O–H groups in total. The van der Waals surface area contributed by atoms with Crippen LogP contribution in [0.25, 0.3) is 0 Å². The van der Waals surface area contributed by atoms with Crippen LogP contribution < -0.4 is 15.4 Å². The number of hydrogen-bond donors (Lipinski definition) is 2. The van der Waals surface area contributed by atoms with Gasteiger partial charge in [-0.05, 0) is 73.0 Å². The van der Waals surface area contributed by atoms with Crippen molar-refractivity contribution in [2.24, 2.45) is 0 Å². The molecule has 0 aliphatic carbocycles. The largest absolute Gasteiger partial charge is 0.484 e. The molecule has 29 heavy (non-hydrogen) atoms. The number of aryl methyl sites for hydroxylation is 2. The first-order chi connectivity index (χ1) is 13.9. The summed E-state index contributed by atoms with van der Waals surface area (Å²) in [5.41, 5.74) is 5.02. The highest BCUT2D eigenvalue weighted by atomic mass is 79.9. The predicted octanol–water partition coefficient (Wildman–Crippen LogP) is 6.35. The van der Waals surface area contributed by atoms with Crippen LogP contribution in [0.15, 0.2) is 65.1 Å². The fraction of sp³-hybridized carbons (Fsp3) is 0.174. The van der Waals surface area contributed by atoms with Crippen LogP contribution in [0.2, 0.25) is 5.02 Å². The van der Waals surface area contributed by atoms with Crippen molar-refractivity contribution < 1.29 is 9.53 Å². The van der Waals surface area contributed by atoms with Crippen molar-refractivity contribution in [2.75, 3.05) is 17.2 Å². The number of halogens is 2. The predicted molar refractivity (Wildman–Crippen MR) is 123 cm³/mol. The van der Waals surface area contributed by atoms with Crippen LogP contribution >= 0.6 is 27.5 Å². The monoisotopic (exact) mass is 472 g/mol. The molecule has 4 nitrogen and oxygen atoms in total. The van der Waals surface area contributed by atoms with Crippen LogP contribution in [0.1, 0.15) is 16.7 Å². The SMILES string of the molecule is Cc1ccc(NC(=O)COc2ccc(CNc3ccc(Br)cc3C)cc2)cc1Cl. The van der Waals surface area contributed by atoms with Gasteiger partial charge in [0.15, 0.2) is 6.61 Å². The Balaban J connectivity index is 1.48. The minimum absolute atomic E-state index is 0.0683. The van der Waals surface area contributed by atoms with Gasteiger partial charge in [0.05, 0.1) is 0 Å². The Morgan fingerprint density at radius 3 is 2.45 bits per heavy atom. The molecular weight excluding hydrogens is 452 g/mol. The van der Waals surface area contributed by atoms with Crippen molar-refractivity contribution in [2.45, 2.75) is 20.4 Å². The highest BCUT2D eigenvalue weighted by Gasteiger charge is 2.06. The van der Waals surface area contributed by atoms with Crippen LogP contribution in [0, 0.1) is 13.8 Å². The van der Waals surface area contributed by atoms with Gasteiger partial charge in [-0.25, -0.2) is 0 Å².